The Bertz CT molecular complexity index is 453. The summed E-state index contributed by atoms with van der Waals surface area (Å²) in [6.07, 6.45) is 5.38. The summed E-state index contributed by atoms with van der Waals surface area (Å²) in [5.74, 6) is 1.09. The second-order valence-electron chi connectivity index (χ2n) is 5.55. The van der Waals surface area contributed by atoms with E-state index < -0.39 is 9.84 Å². The summed E-state index contributed by atoms with van der Waals surface area (Å²) in [5, 5.41) is 0. The largest absolute Gasteiger partial charge is 0.370 e. The summed E-state index contributed by atoms with van der Waals surface area (Å²) in [4.78, 5) is 6.46. The van der Waals surface area contributed by atoms with Crippen LogP contribution in [0.25, 0.3) is 0 Å². The summed E-state index contributed by atoms with van der Waals surface area (Å²) < 4.78 is 23.5. The Morgan fingerprint density at radius 2 is 2.06 bits per heavy atom. The molecular formula is C11H19N3O2S. The van der Waals surface area contributed by atoms with E-state index in [1.165, 1.54) is 12.8 Å². The van der Waals surface area contributed by atoms with Crippen LogP contribution in [0.1, 0.15) is 32.1 Å². The molecule has 1 aliphatic carbocycles. The van der Waals surface area contributed by atoms with Gasteiger partial charge in [0.25, 0.3) is 0 Å². The number of nitrogens with two attached hydrogens (primary N) is 1. The van der Waals surface area contributed by atoms with Gasteiger partial charge in [-0.3, -0.25) is 4.99 Å². The zero-order valence-corrected chi connectivity index (χ0v) is 10.7. The average molecular weight is 257 g/mol. The Labute approximate surface area is 102 Å². The minimum absolute atomic E-state index is 0.237. The Morgan fingerprint density at radius 1 is 1.35 bits per heavy atom. The number of guanidine groups is 1. The van der Waals surface area contributed by atoms with Crippen molar-refractivity contribution in [2.45, 2.75) is 43.7 Å². The molecule has 1 spiro atoms. The van der Waals surface area contributed by atoms with E-state index in [2.05, 4.69) is 9.89 Å². The maximum atomic E-state index is 11.7. The third-order valence-corrected chi connectivity index (χ3v) is 6.15. The van der Waals surface area contributed by atoms with Gasteiger partial charge in [0.1, 0.15) is 0 Å². The molecule has 1 saturated heterocycles. The Morgan fingerprint density at radius 3 is 2.65 bits per heavy atom. The zero-order valence-electron chi connectivity index (χ0n) is 9.93. The number of sulfone groups is 1. The van der Waals surface area contributed by atoms with Crippen LogP contribution in [0.5, 0.6) is 0 Å². The van der Waals surface area contributed by atoms with Crippen LogP contribution in [0.3, 0.4) is 0 Å². The quantitative estimate of drug-likeness (QED) is 0.724. The van der Waals surface area contributed by atoms with Crippen molar-refractivity contribution >= 4 is 15.8 Å². The van der Waals surface area contributed by atoms with E-state index in [1.54, 1.807) is 0 Å². The molecule has 6 heteroatoms. The maximum Gasteiger partial charge on any atom is 0.192 e. The monoisotopic (exact) mass is 257 g/mol. The van der Waals surface area contributed by atoms with Crippen LogP contribution in [0, 0.1) is 0 Å². The first-order valence-corrected chi connectivity index (χ1v) is 8.14. The molecule has 2 fully saturated rings. The van der Waals surface area contributed by atoms with Crippen LogP contribution < -0.4 is 5.73 Å². The molecule has 2 aliphatic heterocycles. The van der Waals surface area contributed by atoms with E-state index in [1.807, 2.05) is 0 Å². The highest BCUT2D eigenvalue weighted by Crippen LogP contribution is 2.38. The molecule has 0 aromatic carbocycles. The SMILES string of the molecule is NC1=NCC2(CCS(=O)(=O)C2)N1C1CCCC1. The van der Waals surface area contributed by atoms with E-state index in [0.717, 1.165) is 12.8 Å². The molecule has 1 atom stereocenters. The molecule has 1 unspecified atom stereocenters. The zero-order chi connectivity index (χ0) is 12.1. The van der Waals surface area contributed by atoms with Gasteiger partial charge in [0, 0.05) is 6.04 Å². The lowest BCUT2D eigenvalue weighted by atomic mass is 9.95. The molecule has 0 aromatic heterocycles. The van der Waals surface area contributed by atoms with Crippen LogP contribution in [-0.4, -0.2) is 48.9 Å². The fourth-order valence-electron chi connectivity index (χ4n) is 3.57. The molecule has 3 rings (SSSR count). The van der Waals surface area contributed by atoms with Gasteiger partial charge in [-0.05, 0) is 19.3 Å². The van der Waals surface area contributed by atoms with Crippen molar-refractivity contribution in [2.75, 3.05) is 18.1 Å². The van der Waals surface area contributed by atoms with E-state index in [9.17, 15) is 8.42 Å². The standard InChI is InChI=1S/C11H19N3O2S/c12-10-13-7-11(5-6-17(15,16)8-11)14(10)9-3-1-2-4-9/h9H,1-8H2,(H2,12,13). The van der Waals surface area contributed by atoms with Gasteiger partial charge in [0.15, 0.2) is 15.8 Å². The molecule has 0 bridgehead atoms. The van der Waals surface area contributed by atoms with Crippen LogP contribution >= 0.6 is 0 Å². The molecule has 17 heavy (non-hydrogen) atoms. The molecule has 5 nitrogen and oxygen atoms in total. The van der Waals surface area contributed by atoms with Crippen molar-refractivity contribution in [3.63, 3.8) is 0 Å². The van der Waals surface area contributed by atoms with Crippen LogP contribution in [0.4, 0.5) is 0 Å². The third kappa shape index (κ3) is 1.73. The van der Waals surface area contributed by atoms with Gasteiger partial charge in [-0.15, -0.1) is 0 Å². The minimum Gasteiger partial charge on any atom is -0.370 e. The molecule has 2 heterocycles. The van der Waals surface area contributed by atoms with E-state index in [0.29, 0.717) is 30.7 Å². The lowest BCUT2D eigenvalue weighted by Crippen LogP contribution is -2.56. The van der Waals surface area contributed by atoms with E-state index in [4.69, 9.17) is 5.73 Å². The lowest BCUT2D eigenvalue weighted by molar-refractivity contribution is 0.172. The first-order valence-electron chi connectivity index (χ1n) is 6.32. The molecule has 96 valence electrons. The molecule has 0 amide bonds. The van der Waals surface area contributed by atoms with Crippen LogP contribution in [0.2, 0.25) is 0 Å². The van der Waals surface area contributed by atoms with Gasteiger partial charge in [0.2, 0.25) is 0 Å². The highest BCUT2D eigenvalue weighted by atomic mass is 32.2. The van der Waals surface area contributed by atoms with Crippen molar-refractivity contribution in [1.82, 2.24) is 4.90 Å². The molecule has 1 saturated carbocycles. The van der Waals surface area contributed by atoms with Gasteiger partial charge >= 0.3 is 0 Å². The first-order chi connectivity index (χ1) is 8.03. The van der Waals surface area contributed by atoms with Crippen molar-refractivity contribution in [2.24, 2.45) is 10.7 Å². The Kier molecular flexibility index (Phi) is 2.40. The van der Waals surface area contributed by atoms with Gasteiger partial charge in [-0.2, -0.15) is 0 Å². The van der Waals surface area contributed by atoms with Gasteiger partial charge < -0.3 is 10.6 Å². The first kappa shape index (κ1) is 11.3. The fraction of sp³-hybridized carbons (Fsp3) is 0.909. The average Bonchev–Trinajstić information content (AvgIpc) is 2.90. The summed E-state index contributed by atoms with van der Waals surface area (Å²) in [7, 11) is -2.89. The summed E-state index contributed by atoms with van der Waals surface area (Å²) in [5.41, 5.74) is 5.68. The maximum absolute atomic E-state index is 11.7. The Balaban J connectivity index is 1.90. The van der Waals surface area contributed by atoms with E-state index in [-0.39, 0.29) is 11.3 Å². The normalized spacial score (nSPS) is 36.9. The second kappa shape index (κ2) is 3.60. The predicted octanol–water partition coefficient (Wildman–Crippen LogP) is 0.117. The number of hydrogen-bond donors (Lipinski definition) is 1. The summed E-state index contributed by atoms with van der Waals surface area (Å²) in [6.45, 7) is 0.564. The van der Waals surface area contributed by atoms with Crippen molar-refractivity contribution < 1.29 is 8.42 Å². The second-order valence-corrected chi connectivity index (χ2v) is 7.73. The number of hydrogen-bond acceptors (Lipinski definition) is 5. The van der Waals surface area contributed by atoms with Crippen molar-refractivity contribution in [3.8, 4) is 0 Å². The van der Waals surface area contributed by atoms with E-state index >= 15 is 0 Å². The van der Waals surface area contributed by atoms with Gasteiger partial charge in [-0.25, -0.2) is 8.42 Å². The number of nitrogens with zero attached hydrogens (tertiary/aromatic N) is 2. The Hall–Kier alpha value is -0.780. The van der Waals surface area contributed by atoms with Gasteiger partial charge in [-0.1, -0.05) is 12.8 Å². The topological polar surface area (TPSA) is 75.8 Å². The predicted molar refractivity (Wildman–Crippen MR) is 66.6 cm³/mol. The highest BCUT2D eigenvalue weighted by Gasteiger charge is 2.52. The third-order valence-electron chi connectivity index (χ3n) is 4.35. The summed E-state index contributed by atoms with van der Waals surface area (Å²) >= 11 is 0. The minimum atomic E-state index is -2.89. The molecular weight excluding hydrogens is 238 g/mol. The highest BCUT2D eigenvalue weighted by molar-refractivity contribution is 7.91. The fourth-order valence-corrected chi connectivity index (χ4v) is 5.60. The van der Waals surface area contributed by atoms with Crippen molar-refractivity contribution in [3.05, 3.63) is 0 Å². The van der Waals surface area contributed by atoms with Crippen LogP contribution in [0.15, 0.2) is 4.99 Å². The number of rotatable bonds is 1. The number of aliphatic imine (C=N–C) groups is 1. The summed E-state index contributed by atoms with van der Waals surface area (Å²) in [6, 6.07) is 0.412. The molecule has 3 aliphatic rings. The molecule has 0 radical (unpaired) electrons. The molecule has 2 N–H and O–H groups in total. The lowest BCUT2D eigenvalue weighted by Gasteiger charge is -2.39. The van der Waals surface area contributed by atoms with Crippen LogP contribution in [-0.2, 0) is 9.84 Å². The molecule has 0 aromatic rings. The van der Waals surface area contributed by atoms with Crippen molar-refractivity contribution in [1.29, 1.82) is 0 Å². The van der Waals surface area contributed by atoms with Gasteiger partial charge in [0.05, 0.1) is 23.6 Å². The smallest absolute Gasteiger partial charge is 0.192 e.